The lowest BCUT2D eigenvalue weighted by Crippen LogP contribution is -2.69. The number of phenolic OH excluding ortho intramolecular Hbond substituents is 1. The van der Waals surface area contributed by atoms with Gasteiger partial charge in [0.25, 0.3) is 0 Å². The minimum Gasteiger partial charge on any atom is -0.504 e. The summed E-state index contributed by atoms with van der Waals surface area (Å²) in [5, 5.41) is 28.0. The number of hydrogen-bond acceptors (Lipinski definition) is 11. The number of carbonyl (C=O) groups is 3. The fraction of sp³-hybridized carbons (Fsp3) is 0.531. The number of nitrogens with one attached hydrogen (secondary N) is 2. The number of aliphatic hydroxyl groups excluding tert-OH is 1. The first-order valence-electron chi connectivity index (χ1n) is 15.4. The molecular formula is C32H37F3N4O9. The third kappa shape index (κ3) is 5.26. The molecule has 2 aromatic carbocycles. The maximum absolute atomic E-state index is 13.1. The van der Waals surface area contributed by atoms with E-state index in [2.05, 4.69) is 5.32 Å². The largest absolute Gasteiger partial charge is 0.504 e. The van der Waals surface area contributed by atoms with Crippen molar-refractivity contribution in [3.05, 3.63) is 39.4 Å². The van der Waals surface area contributed by atoms with Crippen molar-refractivity contribution in [2.24, 2.45) is 0 Å². The van der Waals surface area contributed by atoms with E-state index in [1.54, 1.807) is 17.1 Å². The summed E-state index contributed by atoms with van der Waals surface area (Å²) in [6.45, 7) is 5.52. The molecule has 2 aromatic rings. The van der Waals surface area contributed by atoms with Gasteiger partial charge < -0.3 is 39.8 Å². The monoisotopic (exact) mass is 678 g/mol. The van der Waals surface area contributed by atoms with Crippen LogP contribution in [-0.2, 0) is 27.2 Å². The molecule has 48 heavy (non-hydrogen) atoms. The van der Waals surface area contributed by atoms with E-state index in [0.717, 1.165) is 18.1 Å². The minimum atomic E-state index is -5.18. The Bertz CT molecular complexity index is 1700. The topological polar surface area (TPSA) is 159 Å². The summed E-state index contributed by atoms with van der Waals surface area (Å²) >= 11 is 0. The summed E-state index contributed by atoms with van der Waals surface area (Å²) < 4.78 is 61.7. The van der Waals surface area contributed by atoms with E-state index in [1.165, 1.54) is 14.0 Å². The zero-order chi connectivity index (χ0) is 35.0. The van der Waals surface area contributed by atoms with Crippen molar-refractivity contribution in [2.45, 2.75) is 83.1 Å². The summed E-state index contributed by atoms with van der Waals surface area (Å²) in [7, 11) is 3.31. The molecule has 2 bridgehead atoms. The van der Waals surface area contributed by atoms with Gasteiger partial charge in [0.2, 0.25) is 12.7 Å². The number of nitrogens with zero attached hydrogens (tertiary/aromatic N) is 2. The minimum absolute atomic E-state index is 0.0360. The van der Waals surface area contributed by atoms with Crippen LogP contribution in [-0.4, -0.2) is 95.8 Å². The van der Waals surface area contributed by atoms with Gasteiger partial charge in [-0.1, -0.05) is 6.07 Å². The van der Waals surface area contributed by atoms with Gasteiger partial charge in [-0.3, -0.25) is 24.2 Å². The average Bonchev–Trinajstić information content (AvgIpc) is 3.50. The number of halogens is 3. The number of fused-ring (bicyclic) bond motifs is 9. The van der Waals surface area contributed by atoms with Crippen LogP contribution in [0, 0.1) is 13.8 Å². The number of esters is 1. The van der Waals surface area contributed by atoms with Crippen LogP contribution < -0.4 is 29.6 Å². The van der Waals surface area contributed by atoms with E-state index < -0.39 is 60.4 Å². The Morgan fingerprint density at radius 2 is 1.79 bits per heavy atom. The molecule has 0 aliphatic carbocycles. The number of carbonyl (C=O) groups excluding carboxylic acids is 3. The molecular weight excluding hydrogens is 641 g/mol. The molecule has 6 atom stereocenters. The molecule has 16 heteroatoms. The van der Waals surface area contributed by atoms with Crippen LogP contribution in [0.4, 0.5) is 13.2 Å². The summed E-state index contributed by atoms with van der Waals surface area (Å²) in [6, 6.07) is -2.09. The Kier molecular flexibility index (Phi) is 8.40. The Balaban J connectivity index is 1.49. The van der Waals surface area contributed by atoms with Crippen molar-refractivity contribution in [1.29, 1.82) is 0 Å². The highest BCUT2D eigenvalue weighted by atomic mass is 19.4. The molecule has 0 spiro atoms. The fourth-order valence-corrected chi connectivity index (χ4v) is 7.81. The van der Waals surface area contributed by atoms with Crippen molar-refractivity contribution < 1.29 is 56.7 Å². The molecule has 2 amide bonds. The number of methoxy groups -OCH3 is 1. The lowest BCUT2D eigenvalue weighted by molar-refractivity contribution is -0.175. The number of aromatic hydroxyl groups is 1. The lowest BCUT2D eigenvalue weighted by Gasteiger charge is -2.60. The standard InChI is InChI=1S/C32H37F3N4O9/c1-12-7-16-8-19-30(43)39-18(23(38(19)5)21(16)24(41)25(12)45-6)9-17-22(28-27(46-11-47-28)13(2)26(17)48-15(4)40)20(39)10-36-29(42)14(3)37-31(44)32(33,34)35/h7,14,18-20,23,30,41,43H,8-11H2,1-6H3,(H,36,42)(H,37,44)/t14-,18?,19-,20-,23-,30-/m0/s1. The number of phenols is 1. The average molecular weight is 679 g/mol. The smallest absolute Gasteiger partial charge is 0.471 e. The first-order valence-corrected chi connectivity index (χ1v) is 15.4. The fourth-order valence-electron chi connectivity index (χ4n) is 7.81. The lowest BCUT2D eigenvalue weighted by atomic mass is 9.73. The molecule has 1 fully saturated rings. The number of ether oxygens (including phenoxy) is 4. The van der Waals surface area contributed by atoms with Crippen molar-refractivity contribution >= 4 is 17.8 Å². The van der Waals surface area contributed by atoms with Gasteiger partial charge in [-0.25, -0.2) is 0 Å². The van der Waals surface area contributed by atoms with E-state index in [0.29, 0.717) is 45.9 Å². The van der Waals surface area contributed by atoms with Crippen molar-refractivity contribution in [3.63, 3.8) is 0 Å². The van der Waals surface area contributed by atoms with Crippen LogP contribution in [0.3, 0.4) is 0 Å². The van der Waals surface area contributed by atoms with Crippen LogP contribution in [0.5, 0.6) is 28.7 Å². The number of hydrogen-bond donors (Lipinski definition) is 4. The highest BCUT2D eigenvalue weighted by molar-refractivity contribution is 5.89. The number of benzene rings is 2. The highest BCUT2D eigenvalue weighted by Gasteiger charge is 2.56. The maximum atomic E-state index is 13.1. The molecule has 4 heterocycles. The van der Waals surface area contributed by atoms with E-state index in [4.69, 9.17) is 18.9 Å². The zero-order valence-electron chi connectivity index (χ0n) is 27.2. The molecule has 0 aromatic heterocycles. The van der Waals surface area contributed by atoms with Gasteiger partial charge in [-0.2, -0.15) is 13.2 Å². The third-order valence-electron chi connectivity index (χ3n) is 9.81. The van der Waals surface area contributed by atoms with Crippen LogP contribution in [0.1, 0.15) is 59.3 Å². The molecule has 4 N–H and O–H groups in total. The number of piperazine rings is 1. The van der Waals surface area contributed by atoms with Crippen molar-refractivity contribution in [1.82, 2.24) is 20.4 Å². The summed E-state index contributed by atoms with van der Waals surface area (Å²) in [6.07, 6.45) is -5.76. The quantitative estimate of drug-likeness (QED) is 0.262. The van der Waals surface area contributed by atoms with E-state index in [-0.39, 0.29) is 31.3 Å². The van der Waals surface area contributed by atoms with E-state index in [9.17, 15) is 37.8 Å². The first-order chi connectivity index (χ1) is 22.6. The van der Waals surface area contributed by atoms with E-state index in [1.807, 2.05) is 24.9 Å². The molecule has 260 valence electrons. The van der Waals surface area contributed by atoms with Gasteiger partial charge in [0.05, 0.1) is 25.2 Å². The second-order valence-electron chi connectivity index (χ2n) is 12.6. The van der Waals surface area contributed by atoms with Crippen LogP contribution >= 0.6 is 0 Å². The number of aliphatic hydroxyl groups is 1. The predicted molar refractivity (Wildman–Crippen MR) is 161 cm³/mol. The Morgan fingerprint density at radius 1 is 1.10 bits per heavy atom. The summed E-state index contributed by atoms with van der Waals surface area (Å²) in [5.74, 6) is -2.61. The predicted octanol–water partition coefficient (Wildman–Crippen LogP) is 2.05. The first kappa shape index (κ1) is 33.6. The number of alkyl halides is 3. The van der Waals surface area contributed by atoms with Gasteiger partial charge >= 0.3 is 18.1 Å². The number of amides is 2. The molecule has 0 radical (unpaired) electrons. The molecule has 0 saturated carbocycles. The molecule has 13 nitrogen and oxygen atoms in total. The molecule has 1 unspecified atom stereocenters. The SMILES string of the molecule is COc1c(C)cc2c(c1O)[C@@H]1C3Cc4c(OC(C)=O)c(C)c5c(c4[C@H](CNC(=O)[C@H](C)NC(=O)C(F)(F)F)N3[C@@H](O)[C@H](C2)N1C)OCO5. The number of likely N-dealkylation sites (N-methyl/N-ethyl adjacent to an activating group) is 1. The van der Waals surface area contributed by atoms with Gasteiger partial charge in [0.15, 0.2) is 23.0 Å². The van der Waals surface area contributed by atoms with Gasteiger partial charge in [0, 0.05) is 41.8 Å². The molecule has 1 saturated heterocycles. The molecule has 6 rings (SSSR count). The van der Waals surface area contributed by atoms with E-state index >= 15 is 0 Å². The summed E-state index contributed by atoms with van der Waals surface area (Å²) in [4.78, 5) is 40.8. The van der Waals surface area contributed by atoms with Crippen molar-refractivity contribution in [3.8, 4) is 28.7 Å². The number of aryl methyl sites for hydroxylation is 1. The Labute approximate surface area is 273 Å². The zero-order valence-corrected chi connectivity index (χ0v) is 27.2. The van der Waals surface area contributed by atoms with Crippen molar-refractivity contribution in [2.75, 3.05) is 27.5 Å². The maximum Gasteiger partial charge on any atom is 0.471 e. The molecule has 4 aliphatic rings. The normalized spacial score (nSPS) is 24.9. The van der Waals surface area contributed by atoms with Gasteiger partial charge in [0.1, 0.15) is 18.0 Å². The van der Waals surface area contributed by atoms with Crippen LogP contribution in [0.25, 0.3) is 0 Å². The highest BCUT2D eigenvalue weighted by Crippen LogP contribution is 2.58. The second-order valence-corrected chi connectivity index (χ2v) is 12.6. The van der Waals surface area contributed by atoms with Gasteiger partial charge in [-0.05, 0) is 51.8 Å². The van der Waals surface area contributed by atoms with Gasteiger partial charge in [-0.15, -0.1) is 0 Å². The Morgan fingerprint density at radius 3 is 2.44 bits per heavy atom. The summed E-state index contributed by atoms with van der Waals surface area (Å²) in [5.41, 5.74) is 3.70. The third-order valence-corrected chi connectivity index (χ3v) is 9.81. The Hall–Kier alpha value is -4.28. The van der Waals surface area contributed by atoms with Crippen LogP contribution in [0.2, 0.25) is 0 Å². The second kappa shape index (κ2) is 12.0. The molecule has 4 aliphatic heterocycles. The number of rotatable bonds is 6. The van der Waals surface area contributed by atoms with Crippen LogP contribution in [0.15, 0.2) is 6.07 Å².